The zero-order chi connectivity index (χ0) is 19.1. The second-order valence-electron chi connectivity index (χ2n) is 6.76. The van der Waals surface area contributed by atoms with Crippen molar-refractivity contribution in [2.24, 2.45) is 0 Å². The van der Waals surface area contributed by atoms with Crippen LogP contribution in [0.4, 0.5) is 0 Å². The minimum Gasteiger partial charge on any atom is -0.465 e. The summed E-state index contributed by atoms with van der Waals surface area (Å²) in [4.78, 5) is 13.8. The molecule has 3 rings (SSSR count). The predicted molar refractivity (Wildman–Crippen MR) is 114 cm³/mol. The van der Waals surface area contributed by atoms with Gasteiger partial charge in [0.1, 0.15) is 6.10 Å². The Balaban J connectivity index is 0.00000280. The fraction of sp³-hybridized carbons (Fsp3) is 0.409. The first-order chi connectivity index (χ1) is 13.2. The zero-order valence-electron chi connectivity index (χ0n) is 16.1. The third-order valence-corrected chi connectivity index (χ3v) is 5.05. The number of ether oxygens (including phenoxy) is 2. The Morgan fingerprint density at radius 1 is 1.07 bits per heavy atom. The number of carbonyl (C=O) groups is 1. The van der Waals surface area contributed by atoms with Crippen molar-refractivity contribution >= 4 is 30.0 Å². The molecular weight excluding hydrogens is 397 g/mol. The van der Waals surface area contributed by atoms with Gasteiger partial charge in [-0.2, -0.15) is 0 Å². The average molecular weight is 424 g/mol. The number of benzene rings is 2. The largest absolute Gasteiger partial charge is 0.465 e. The van der Waals surface area contributed by atoms with Crippen LogP contribution in [0.1, 0.15) is 37.0 Å². The number of nitrogens with zero attached hydrogens (tertiary/aromatic N) is 1. The molecule has 0 saturated carbocycles. The highest BCUT2D eigenvalue weighted by molar-refractivity contribution is 6.30. The van der Waals surface area contributed by atoms with Crippen molar-refractivity contribution in [3.05, 3.63) is 70.7 Å². The van der Waals surface area contributed by atoms with E-state index in [1.165, 1.54) is 0 Å². The van der Waals surface area contributed by atoms with Crippen LogP contribution in [0.2, 0.25) is 5.02 Å². The summed E-state index contributed by atoms with van der Waals surface area (Å²) in [7, 11) is 0. The van der Waals surface area contributed by atoms with Crippen molar-refractivity contribution in [2.75, 3.05) is 26.2 Å². The third-order valence-electron chi connectivity index (χ3n) is 4.80. The first kappa shape index (κ1) is 22.7. The van der Waals surface area contributed by atoms with E-state index < -0.39 is 0 Å². The first-order valence-electron chi connectivity index (χ1n) is 9.49. The highest BCUT2D eigenvalue weighted by atomic mass is 35.5. The highest BCUT2D eigenvalue weighted by Gasteiger charge is 2.25. The first-order valence-corrected chi connectivity index (χ1v) is 9.87. The molecule has 152 valence electrons. The van der Waals surface area contributed by atoms with Crippen LogP contribution in [0.25, 0.3) is 0 Å². The van der Waals surface area contributed by atoms with Crippen LogP contribution in [-0.4, -0.2) is 43.2 Å². The van der Waals surface area contributed by atoms with Crippen molar-refractivity contribution in [1.29, 1.82) is 0 Å². The predicted octanol–water partition coefficient (Wildman–Crippen LogP) is 4.90. The number of carbonyl (C=O) groups excluding carboxylic acids is 1. The number of piperidine rings is 1. The summed E-state index contributed by atoms with van der Waals surface area (Å²) in [5.74, 6) is -0.153. The van der Waals surface area contributed by atoms with Crippen LogP contribution < -0.4 is 0 Å². The van der Waals surface area contributed by atoms with Gasteiger partial charge in [0, 0.05) is 18.1 Å². The summed E-state index contributed by atoms with van der Waals surface area (Å²) in [5.41, 5.74) is 2.23. The number of halogens is 2. The molecule has 0 N–H and O–H groups in total. The molecule has 1 aliphatic rings. The monoisotopic (exact) mass is 423 g/mol. The summed E-state index contributed by atoms with van der Waals surface area (Å²) in [6.45, 7) is 4.30. The van der Waals surface area contributed by atoms with Crippen molar-refractivity contribution < 1.29 is 14.3 Å². The number of rotatable bonds is 7. The van der Waals surface area contributed by atoms with Crippen molar-refractivity contribution in [1.82, 2.24) is 4.90 Å². The van der Waals surface area contributed by atoms with E-state index in [9.17, 15) is 4.79 Å². The molecule has 0 amide bonds. The lowest BCUT2D eigenvalue weighted by atomic mass is 10.00. The van der Waals surface area contributed by atoms with Gasteiger partial charge in [0.15, 0.2) is 0 Å². The molecule has 1 unspecified atom stereocenters. The molecule has 0 bridgehead atoms. The van der Waals surface area contributed by atoms with E-state index in [0.29, 0.717) is 13.2 Å². The maximum atomic E-state index is 11.7. The second kappa shape index (κ2) is 11.4. The Hall–Kier alpha value is -1.59. The van der Waals surface area contributed by atoms with Gasteiger partial charge in [0.2, 0.25) is 0 Å². The number of hydrogen-bond donors (Lipinski definition) is 0. The molecule has 4 nitrogen and oxygen atoms in total. The Bertz CT molecular complexity index is 716. The molecule has 1 heterocycles. The van der Waals surface area contributed by atoms with Gasteiger partial charge in [-0.05, 0) is 43.0 Å². The number of hydrogen-bond acceptors (Lipinski definition) is 4. The SMILES string of the molecule is CCOC(=O)CN1CCC(OC(c2ccccc2)c2ccc(Cl)cc2)CC1.Cl. The molecule has 0 aliphatic carbocycles. The second-order valence-corrected chi connectivity index (χ2v) is 7.20. The smallest absolute Gasteiger partial charge is 0.320 e. The van der Waals surface area contributed by atoms with Crippen molar-refractivity contribution in [3.63, 3.8) is 0 Å². The van der Waals surface area contributed by atoms with E-state index in [2.05, 4.69) is 17.0 Å². The molecule has 2 aromatic rings. The van der Waals surface area contributed by atoms with E-state index in [1.807, 2.05) is 49.4 Å². The molecule has 6 heteroatoms. The standard InChI is InChI=1S/C22H26ClNO3.ClH/c1-2-26-21(25)16-24-14-12-20(13-15-24)27-22(17-6-4-3-5-7-17)18-8-10-19(23)11-9-18;/h3-11,20,22H,2,12-16H2,1H3;1H. The Labute approximate surface area is 178 Å². The summed E-state index contributed by atoms with van der Waals surface area (Å²) >= 11 is 6.05. The van der Waals surface area contributed by atoms with E-state index in [0.717, 1.165) is 42.1 Å². The lowest BCUT2D eigenvalue weighted by molar-refractivity contribution is -0.145. The average Bonchev–Trinajstić information content (AvgIpc) is 2.69. The third kappa shape index (κ3) is 6.49. The van der Waals surface area contributed by atoms with E-state index >= 15 is 0 Å². The summed E-state index contributed by atoms with van der Waals surface area (Å²) < 4.78 is 11.6. The zero-order valence-corrected chi connectivity index (χ0v) is 17.6. The maximum Gasteiger partial charge on any atom is 0.320 e. The minimum atomic E-state index is -0.153. The summed E-state index contributed by atoms with van der Waals surface area (Å²) in [5, 5.41) is 0.720. The van der Waals surface area contributed by atoms with Crippen LogP contribution in [-0.2, 0) is 14.3 Å². The van der Waals surface area contributed by atoms with Crippen LogP contribution in [0.5, 0.6) is 0 Å². The summed E-state index contributed by atoms with van der Waals surface area (Å²) in [6, 6.07) is 18.1. The fourth-order valence-electron chi connectivity index (χ4n) is 3.40. The van der Waals surface area contributed by atoms with E-state index in [4.69, 9.17) is 21.1 Å². The van der Waals surface area contributed by atoms with Gasteiger partial charge in [-0.3, -0.25) is 9.69 Å². The van der Waals surface area contributed by atoms with Gasteiger partial charge >= 0.3 is 5.97 Å². The molecule has 1 saturated heterocycles. The summed E-state index contributed by atoms with van der Waals surface area (Å²) in [6.07, 6.45) is 1.83. The minimum absolute atomic E-state index is 0. The van der Waals surface area contributed by atoms with Crippen LogP contribution in [0.15, 0.2) is 54.6 Å². The Morgan fingerprint density at radius 3 is 2.29 bits per heavy atom. The van der Waals surface area contributed by atoms with E-state index in [1.54, 1.807) is 0 Å². The quantitative estimate of drug-likeness (QED) is 0.593. The topological polar surface area (TPSA) is 38.8 Å². The van der Waals surface area contributed by atoms with Gasteiger partial charge in [0.05, 0.1) is 19.3 Å². The van der Waals surface area contributed by atoms with Crippen molar-refractivity contribution in [2.45, 2.75) is 32.0 Å². The molecule has 28 heavy (non-hydrogen) atoms. The molecule has 1 fully saturated rings. The van der Waals surface area contributed by atoms with Crippen LogP contribution in [0.3, 0.4) is 0 Å². The molecule has 1 aliphatic heterocycles. The molecule has 1 atom stereocenters. The van der Waals surface area contributed by atoms with Gasteiger partial charge in [0.25, 0.3) is 0 Å². The van der Waals surface area contributed by atoms with Crippen molar-refractivity contribution in [3.8, 4) is 0 Å². The normalized spacial score (nSPS) is 16.2. The number of likely N-dealkylation sites (tertiary alicyclic amines) is 1. The highest BCUT2D eigenvalue weighted by Crippen LogP contribution is 2.30. The molecular formula is C22H27Cl2NO3. The lowest BCUT2D eigenvalue weighted by Crippen LogP contribution is -2.40. The molecule has 0 radical (unpaired) electrons. The fourth-order valence-corrected chi connectivity index (χ4v) is 3.53. The molecule has 0 aromatic heterocycles. The van der Waals surface area contributed by atoms with Gasteiger partial charge in [-0.25, -0.2) is 0 Å². The van der Waals surface area contributed by atoms with Gasteiger partial charge < -0.3 is 9.47 Å². The Morgan fingerprint density at radius 2 is 1.68 bits per heavy atom. The molecule has 2 aromatic carbocycles. The Kier molecular flexibility index (Phi) is 9.26. The lowest BCUT2D eigenvalue weighted by Gasteiger charge is -2.33. The van der Waals surface area contributed by atoms with Gasteiger partial charge in [-0.1, -0.05) is 54.1 Å². The van der Waals surface area contributed by atoms with Gasteiger partial charge in [-0.15, -0.1) is 12.4 Å². The maximum absolute atomic E-state index is 11.7. The van der Waals surface area contributed by atoms with E-state index in [-0.39, 0.29) is 30.6 Å². The van der Waals surface area contributed by atoms with Crippen LogP contribution >= 0.6 is 24.0 Å². The molecule has 0 spiro atoms. The number of esters is 1. The van der Waals surface area contributed by atoms with Crippen LogP contribution in [0, 0.1) is 0 Å².